The molecule has 0 bridgehead atoms. The fraction of sp³-hybridized carbons (Fsp3) is 0.556. The van der Waals surface area contributed by atoms with Crippen molar-refractivity contribution in [3.05, 3.63) is 29.6 Å². The average molecular weight is 299 g/mol. The number of imidazole rings is 1. The van der Waals surface area contributed by atoms with E-state index in [1.165, 1.54) is 18.7 Å². The van der Waals surface area contributed by atoms with Crippen molar-refractivity contribution in [3.8, 4) is 0 Å². The summed E-state index contributed by atoms with van der Waals surface area (Å²) in [6, 6.07) is 6.19. The Bertz CT molecular complexity index is 683. The number of aromatic nitrogens is 2. The van der Waals surface area contributed by atoms with Crippen molar-refractivity contribution in [1.29, 1.82) is 0 Å². The molecule has 0 saturated heterocycles. The number of nitrogens with zero attached hydrogens (tertiary/aromatic N) is 2. The maximum Gasteiger partial charge on any atom is 0.224 e. The average Bonchev–Trinajstić information content (AvgIpc) is 3.24. The molecule has 1 saturated carbocycles. The number of hydrogen-bond acceptors (Lipinski definition) is 2. The third-order valence-corrected chi connectivity index (χ3v) is 4.33. The highest BCUT2D eigenvalue weighted by atomic mass is 16.1. The first-order chi connectivity index (χ1) is 10.5. The first-order valence-electron chi connectivity index (χ1n) is 8.26. The zero-order chi connectivity index (χ0) is 15.7. The second-order valence-corrected chi connectivity index (χ2v) is 6.84. The number of carbonyl (C=O) groups excluding carboxylic acids is 1. The Morgan fingerprint density at radius 3 is 2.86 bits per heavy atom. The molecule has 1 N–H and O–H groups in total. The van der Waals surface area contributed by atoms with Crippen LogP contribution >= 0.6 is 0 Å². The maximum atomic E-state index is 12.0. The highest BCUT2D eigenvalue weighted by Gasteiger charge is 2.28. The molecule has 1 aromatic heterocycles. The fourth-order valence-electron chi connectivity index (χ4n) is 2.83. The lowest BCUT2D eigenvalue weighted by molar-refractivity contribution is -0.120. The molecule has 1 amide bonds. The van der Waals surface area contributed by atoms with Gasteiger partial charge in [0.1, 0.15) is 5.82 Å². The Morgan fingerprint density at radius 2 is 2.18 bits per heavy atom. The van der Waals surface area contributed by atoms with Gasteiger partial charge in [-0.3, -0.25) is 4.79 Å². The van der Waals surface area contributed by atoms with Crippen LogP contribution in [-0.4, -0.2) is 22.0 Å². The summed E-state index contributed by atoms with van der Waals surface area (Å²) in [5, 5.41) is 2.99. The second-order valence-electron chi connectivity index (χ2n) is 6.84. The number of amides is 1. The summed E-state index contributed by atoms with van der Waals surface area (Å²) in [4.78, 5) is 16.7. The van der Waals surface area contributed by atoms with Crippen LogP contribution in [0.5, 0.6) is 0 Å². The van der Waals surface area contributed by atoms with Crippen molar-refractivity contribution < 1.29 is 4.79 Å². The molecule has 0 aliphatic heterocycles. The van der Waals surface area contributed by atoms with Crippen LogP contribution in [-0.2, 0) is 18.3 Å². The molecule has 0 spiro atoms. The van der Waals surface area contributed by atoms with Gasteiger partial charge in [-0.2, -0.15) is 0 Å². The molecule has 1 aliphatic carbocycles. The number of nitrogens with one attached hydrogen (secondary N) is 1. The van der Waals surface area contributed by atoms with Crippen LogP contribution in [0.3, 0.4) is 0 Å². The monoisotopic (exact) mass is 299 g/mol. The van der Waals surface area contributed by atoms with E-state index in [4.69, 9.17) is 4.98 Å². The minimum Gasteiger partial charge on any atom is -0.356 e. The molecular formula is C18H25N3O. The van der Waals surface area contributed by atoms with Crippen molar-refractivity contribution in [2.45, 2.75) is 45.4 Å². The Hall–Kier alpha value is -1.84. The fourth-order valence-corrected chi connectivity index (χ4v) is 2.83. The third kappa shape index (κ3) is 3.32. The van der Waals surface area contributed by atoms with Crippen molar-refractivity contribution in [1.82, 2.24) is 14.9 Å². The van der Waals surface area contributed by atoms with Crippen LogP contribution in [0, 0.1) is 5.92 Å². The van der Waals surface area contributed by atoms with E-state index in [0.717, 1.165) is 29.6 Å². The molecule has 22 heavy (non-hydrogen) atoms. The lowest BCUT2D eigenvalue weighted by atomic mass is 10.1. The van der Waals surface area contributed by atoms with Crippen molar-refractivity contribution >= 4 is 16.9 Å². The second kappa shape index (κ2) is 6.11. The highest BCUT2D eigenvalue weighted by Crippen LogP contribution is 2.40. The summed E-state index contributed by atoms with van der Waals surface area (Å²) >= 11 is 0. The molecule has 118 valence electrons. The van der Waals surface area contributed by atoms with E-state index in [0.29, 0.717) is 18.3 Å². The SMILES string of the molecule is CC(C)CCNC(=O)Cc1ccc2c(c1)nc(C1CC1)n2C. The van der Waals surface area contributed by atoms with Gasteiger partial charge in [0.05, 0.1) is 17.5 Å². The molecule has 0 unspecified atom stereocenters. The van der Waals surface area contributed by atoms with E-state index in [1.807, 2.05) is 6.07 Å². The minimum absolute atomic E-state index is 0.0957. The normalized spacial score (nSPS) is 14.7. The number of fused-ring (bicyclic) bond motifs is 1. The molecule has 1 aromatic carbocycles. The highest BCUT2D eigenvalue weighted by molar-refractivity contribution is 5.82. The van der Waals surface area contributed by atoms with Crippen LogP contribution in [0.25, 0.3) is 11.0 Å². The van der Waals surface area contributed by atoms with Gasteiger partial charge in [-0.05, 0) is 42.9 Å². The van der Waals surface area contributed by atoms with E-state index >= 15 is 0 Å². The van der Waals surface area contributed by atoms with Crippen molar-refractivity contribution in [2.75, 3.05) is 6.54 Å². The lowest BCUT2D eigenvalue weighted by Crippen LogP contribution is -2.26. The Kier molecular flexibility index (Phi) is 4.19. The molecule has 3 rings (SSSR count). The minimum atomic E-state index is 0.0957. The molecule has 0 radical (unpaired) electrons. The van der Waals surface area contributed by atoms with Gasteiger partial charge < -0.3 is 9.88 Å². The number of rotatable bonds is 6. The van der Waals surface area contributed by atoms with Gasteiger partial charge in [0.2, 0.25) is 5.91 Å². The van der Waals surface area contributed by atoms with Gasteiger partial charge in [-0.1, -0.05) is 19.9 Å². The maximum absolute atomic E-state index is 12.0. The van der Waals surface area contributed by atoms with E-state index < -0.39 is 0 Å². The van der Waals surface area contributed by atoms with Gasteiger partial charge in [-0.15, -0.1) is 0 Å². The summed E-state index contributed by atoms with van der Waals surface area (Å²) in [6.07, 6.45) is 3.96. The summed E-state index contributed by atoms with van der Waals surface area (Å²) in [7, 11) is 2.08. The molecule has 1 fully saturated rings. The first-order valence-corrected chi connectivity index (χ1v) is 8.26. The molecule has 0 atom stereocenters. The number of aryl methyl sites for hydroxylation is 1. The Morgan fingerprint density at radius 1 is 1.41 bits per heavy atom. The van der Waals surface area contributed by atoms with Crippen molar-refractivity contribution in [2.24, 2.45) is 13.0 Å². The predicted molar refractivity (Wildman–Crippen MR) is 88.9 cm³/mol. The van der Waals surface area contributed by atoms with E-state index in [-0.39, 0.29) is 5.91 Å². The smallest absolute Gasteiger partial charge is 0.224 e. The van der Waals surface area contributed by atoms with Crippen LogP contribution in [0.15, 0.2) is 18.2 Å². The summed E-state index contributed by atoms with van der Waals surface area (Å²) in [5.74, 6) is 2.54. The number of carbonyl (C=O) groups is 1. The molecule has 1 heterocycles. The predicted octanol–water partition coefficient (Wildman–Crippen LogP) is 3.16. The van der Waals surface area contributed by atoms with Gasteiger partial charge in [-0.25, -0.2) is 4.98 Å². The van der Waals surface area contributed by atoms with E-state index in [9.17, 15) is 4.79 Å². The van der Waals surface area contributed by atoms with Crippen molar-refractivity contribution in [3.63, 3.8) is 0 Å². The lowest BCUT2D eigenvalue weighted by Gasteiger charge is -2.07. The third-order valence-electron chi connectivity index (χ3n) is 4.33. The standard InChI is InChI=1S/C18H25N3O/c1-12(2)8-9-19-17(22)11-13-4-7-16-15(10-13)20-18(21(16)3)14-5-6-14/h4,7,10,12,14H,5-6,8-9,11H2,1-3H3,(H,19,22). The van der Waals surface area contributed by atoms with Gasteiger partial charge in [0.15, 0.2) is 0 Å². The first kappa shape index (κ1) is 15.1. The molecular weight excluding hydrogens is 274 g/mol. The zero-order valence-corrected chi connectivity index (χ0v) is 13.7. The van der Waals surface area contributed by atoms with Crippen LogP contribution in [0.1, 0.15) is 50.4 Å². The van der Waals surface area contributed by atoms with Crippen LogP contribution in [0.4, 0.5) is 0 Å². The van der Waals surface area contributed by atoms with Crippen LogP contribution in [0.2, 0.25) is 0 Å². The molecule has 2 aromatic rings. The quantitative estimate of drug-likeness (QED) is 0.890. The summed E-state index contributed by atoms with van der Waals surface area (Å²) in [5.41, 5.74) is 3.21. The Labute approximate surface area is 131 Å². The van der Waals surface area contributed by atoms with E-state index in [1.54, 1.807) is 0 Å². The van der Waals surface area contributed by atoms with Crippen LogP contribution < -0.4 is 5.32 Å². The molecule has 1 aliphatic rings. The molecule has 4 nitrogen and oxygen atoms in total. The van der Waals surface area contributed by atoms with Gasteiger partial charge in [0.25, 0.3) is 0 Å². The molecule has 4 heteroatoms. The summed E-state index contributed by atoms with van der Waals surface area (Å²) in [6.45, 7) is 5.09. The largest absolute Gasteiger partial charge is 0.356 e. The number of hydrogen-bond donors (Lipinski definition) is 1. The van der Waals surface area contributed by atoms with Gasteiger partial charge >= 0.3 is 0 Å². The Balaban J connectivity index is 1.68. The van der Waals surface area contributed by atoms with Gasteiger partial charge in [0, 0.05) is 19.5 Å². The number of benzene rings is 1. The zero-order valence-electron chi connectivity index (χ0n) is 13.7. The van der Waals surface area contributed by atoms with E-state index in [2.05, 4.69) is 42.9 Å². The summed E-state index contributed by atoms with van der Waals surface area (Å²) < 4.78 is 2.19. The topological polar surface area (TPSA) is 46.9 Å².